The first-order chi connectivity index (χ1) is 5.07. The molecule has 0 spiro atoms. The minimum Gasteiger partial charge on any atom is -0.355 e. The Labute approximate surface area is 69.6 Å². The second kappa shape index (κ2) is 5.19. The highest BCUT2D eigenvalue weighted by Crippen LogP contribution is 1.88. The Hall–Kier alpha value is -0.505. The van der Waals surface area contributed by atoms with Crippen molar-refractivity contribution < 1.29 is 4.79 Å². The lowest BCUT2D eigenvalue weighted by Crippen LogP contribution is -2.37. The molecule has 0 aromatic carbocycles. The molecular weight excluding hydrogens is 139 g/mol. The highest BCUT2D eigenvalue weighted by Gasteiger charge is 2.04. The van der Waals surface area contributed by atoms with Crippen LogP contribution in [0.4, 0.5) is 0 Å². The molecule has 2 radical (unpaired) electrons. The van der Waals surface area contributed by atoms with E-state index in [2.05, 4.69) is 5.32 Å². The lowest BCUT2D eigenvalue weighted by Gasteiger charge is -2.19. The van der Waals surface area contributed by atoms with Crippen molar-refractivity contribution >= 4 is 13.8 Å². The summed E-state index contributed by atoms with van der Waals surface area (Å²) >= 11 is 0. The Morgan fingerprint density at radius 2 is 2.18 bits per heavy atom. The first kappa shape index (κ1) is 10.5. The van der Waals surface area contributed by atoms with Crippen molar-refractivity contribution in [1.29, 1.82) is 0 Å². The van der Waals surface area contributed by atoms with E-state index in [9.17, 15) is 4.79 Å². The maximum Gasteiger partial charge on any atom is 0.211 e. The fourth-order valence-corrected chi connectivity index (χ4v) is 0.516. The summed E-state index contributed by atoms with van der Waals surface area (Å²) in [4.78, 5) is 12.7. The van der Waals surface area contributed by atoms with Crippen LogP contribution in [0.25, 0.3) is 0 Å². The van der Waals surface area contributed by atoms with Crippen molar-refractivity contribution in [2.45, 2.75) is 19.3 Å². The number of amides is 1. The van der Waals surface area contributed by atoms with Crippen LogP contribution < -0.4 is 5.32 Å². The number of carbonyl (C=O) groups excluding carboxylic acids is 1. The van der Waals surface area contributed by atoms with Gasteiger partial charge in [-0.15, -0.1) is 0 Å². The van der Waals surface area contributed by atoms with Gasteiger partial charge in [0.25, 0.3) is 0 Å². The van der Waals surface area contributed by atoms with Crippen LogP contribution in [0.5, 0.6) is 0 Å². The Morgan fingerprint density at radius 1 is 1.64 bits per heavy atom. The predicted octanol–water partition coefficient (Wildman–Crippen LogP) is -0.361. The Kier molecular flexibility index (Phi) is 4.95. The minimum atomic E-state index is -0.0984. The summed E-state index contributed by atoms with van der Waals surface area (Å²) in [5.41, 5.74) is 0. The summed E-state index contributed by atoms with van der Waals surface area (Å²) in [5.74, 6) is -0.0984. The molecule has 0 aromatic heterocycles. The third kappa shape index (κ3) is 4.84. The van der Waals surface area contributed by atoms with Crippen molar-refractivity contribution in [3.8, 4) is 0 Å². The van der Waals surface area contributed by atoms with Gasteiger partial charge in [-0.2, -0.15) is 0 Å². The van der Waals surface area contributed by atoms with E-state index < -0.39 is 0 Å². The molecule has 0 aromatic rings. The summed E-state index contributed by atoms with van der Waals surface area (Å²) in [5, 5.41) is 2.71. The Bertz CT molecular complexity index is 128. The molecule has 1 N–H and O–H groups in total. The number of hydrogen-bond acceptors (Lipinski definition) is 2. The van der Waals surface area contributed by atoms with Crippen LogP contribution in [-0.2, 0) is 4.79 Å². The monoisotopic (exact) mass is 154 g/mol. The second-order valence-electron chi connectivity index (χ2n) is 2.82. The van der Waals surface area contributed by atoms with Crippen LogP contribution >= 0.6 is 0 Å². The van der Waals surface area contributed by atoms with Gasteiger partial charge in [-0.25, -0.2) is 0 Å². The SMILES string of the molecule is [B]CC(=O)NCC(C)N(C)C. The largest absolute Gasteiger partial charge is 0.355 e. The summed E-state index contributed by atoms with van der Waals surface area (Å²) in [6.07, 6.45) is 0.0696. The molecule has 11 heavy (non-hydrogen) atoms. The lowest BCUT2D eigenvalue weighted by atomic mass is 10.1. The number of likely N-dealkylation sites (N-methyl/N-ethyl adjacent to an activating group) is 1. The van der Waals surface area contributed by atoms with Crippen molar-refractivity contribution in [2.24, 2.45) is 0 Å². The van der Waals surface area contributed by atoms with Gasteiger partial charge in [0.2, 0.25) is 5.91 Å². The molecule has 0 saturated heterocycles. The van der Waals surface area contributed by atoms with Gasteiger partial charge in [0, 0.05) is 12.6 Å². The molecule has 4 heteroatoms. The highest BCUT2D eigenvalue weighted by atomic mass is 16.1. The standard InChI is InChI=1S/C7H15BN2O/c1-6(10(2)3)5-9-7(11)4-8/h6H,4-5H2,1-3H3,(H,9,11). The average Bonchev–Trinajstić information content (AvgIpc) is 1.99. The number of carbonyl (C=O) groups is 1. The van der Waals surface area contributed by atoms with Crippen molar-refractivity contribution in [1.82, 2.24) is 10.2 Å². The van der Waals surface area contributed by atoms with E-state index in [1.807, 2.05) is 25.9 Å². The van der Waals surface area contributed by atoms with E-state index in [0.717, 1.165) is 0 Å². The van der Waals surface area contributed by atoms with Gasteiger partial charge < -0.3 is 10.2 Å². The van der Waals surface area contributed by atoms with E-state index in [4.69, 9.17) is 7.85 Å². The molecule has 1 unspecified atom stereocenters. The normalized spacial score (nSPS) is 13.1. The van der Waals surface area contributed by atoms with Gasteiger partial charge in [0.15, 0.2) is 0 Å². The molecule has 0 rings (SSSR count). The molecule has 0 fully saturated rings. The summed E-state index contributed by atoms with van der Waals surface area (Å²) in [6, 6.07) is 0.352. The number of nitrogens with zero attached hydrogens (tertiary/aromatic N) is 1. The van der Waals surface area contributed by atoms with Crippen molar-refractivity contribution in [3.63, 3.8) is 0 Å². The first-order valence-electron chi connectivity index (χ1n) is 3.71. The molecule has 0 bridgehead atoms. The predicted molar refractivity (Wildman–Crippen MR) is 46.7 cm³/mol. The number of rotatable bonds is 4. The van der Waals surface area contributed by atoms with Crippen LogP contribution in [0.3, 0.4) is 0 Å². The zero-order valence-electron chi connectivity index (χ0n) is 7.42. The first-order valence-corrected chi connectivity index (χ1v) is 3.71. The lowest BCUT2D eigenvalue weighted by molar-refractivity contribution is -0.119. The second-order valence-corrected chi connectivity index (χ2v) is 2.82. The van der Waals surface area contributed by atoms with Gasteiger partial charge in [-0.05, 0) is 27.3 Å². The molecular formula is C7H15BN2O. The van der Waals surface area contributed by atoms with Crippen LogP contribution in [0.1, 0.15) is 6.92 Å². The van der Waals surface area contributed by atoms with Crippen LogP contribution in [-0.4, -0.2) is 45.3 Å². The zero-order chi connectivity index (χ0) is 8.85. The van der Waals surface area contributed by atoms with Gasteiger partial charge >= 0.3 is 0 Å². The van der Waals surface area contributed by atoms with E-state index in [0.29, 0.717) is 12.6 Å². The third-order valence-electron chi connectivity index (χ3n) is 1.66. The third-order valence-corrected chi connectivity index (χ3v) is 1.66. The van der Waals surface area contributed by atoms with Gasteiger partial charge in [-0.3, -0.25) is 4.79 Å². The minimum absolute atomic E-state index is 0.0696. The molecule has 1 amide bonds. The van der Waals surface area contributed by atoms with Crippen molar-refractivity contribution in [3.05, 3.63) is 0 Å². The van der Waals surface area contributed by atoms with Gasteiger partial charge in [0.1, 0.15) is 0 Å². The maximum atomic E-state index is 10.7. The van der Waals surface area contributed by atoms with Gasteiger partial charge in [-0.1, -0.05) is 0 Å². The fraction of sp³-hybridized carbons (Fsp3) is 0.857. The van der Waals surface area contributed by atoms with E-state index in [1.54, 1.807) is 0 Å². The number of nitrogens with one attached hydrogen (secondary N) is 1. The van der Waals surface area contributed by atoms with Gasteiger partial charge in [0.05, 0.1) is 7.85 Å². The number of hydrogen-bond donors (Lipinski definition) is 1. The zero-order valence-corrected chi connectivity index (χ0v) is 7.42. The molecule has 62 valence electrons. The summed E-state index contributed by atoms with van der Waals surface area (Å²) in [6.45, 7) is 2.69. The van der Waals surface area contributed by atoms with Crippen LogP contribution in [0.15, 0.2) is 0 Å². The Balaban J connectivity index is 3.45. The molecule has 1 atom stereocenters. The van der Waals surface area contributed by atoms with Crippen molar-refractivity contribution in [2.75, 3.05) is 20.6 Å². The topological polar surface area (TPSA) is 32.3 Å². The smallest absolute Gasteiger partial charge is 0.211 e. The Morgan fingerprint density at radius 3 is 2.55 bits per heavy atom. The van der Waals surface area contributed by atoms with E-state index in [-0.39, 0.29) is 12.2 Å². The molecule has 0 aliphatic rings. The van der Waals surface area contributed by atoms with Crippen LogP contribution in [0, 0.1) is 0 Å². The molecule has 0 aliphatic heterocycles. The molecule has 0 aliphatic carbocycles. The maximum absolute atomic E-state index is 10.7. The quantitative estimate of drug-likeness (QED) is 0.560. The summed E-state index contributed by atoms with van der Waals surface area (Å²) in [7, 11) is 9.05. The average molecular weight is 154 g/mol. The fourth-order valence-electron chi connectivity index (χ4n) is 0.516. The molecule has 0 saturated carbocycles. The molecule has 3 nitrogen and oxygen atoms in total. The van der Waals surface area contributed by atoms with E-state index >= 15 is 0 Å². The van der Waals surface area contributed by atoms with E-state index in [1.165, 1.54) is 0 Å². The van der Waals surface area contributed by atoms with Crippen LogP contribution in [0.2, 0.25) is 6.32 Å². The summed E-state index contributed by atoms with van der Waals surface area (Å²) < 4.78 is 0. The molecule has 0 heterocycles. The highest BCUT2D eigenvalue weighted by molar-refractivity contribution is 6.19.